The maximum Gasteiger partial charge on any atom is 0.246 e. The minimum Gasteiger partial charge on any atom is -0.329 e. The van der Waals surface area contributed by atoms with E-state index in [0.717, 1.165) is 11.3 Å². The molecular weight excluding hydrogens is 355 g/mol. The first-order valence-electron chi connectivity index (χ1n) is 8.46. The highest BCUT2D eigenvalue weighted by Crippen LogP contribution is 2.24. The lowest BCUT2D eigenvalue weighted by molar-refractivity contribution is -0.138. The van der Waals surface area contributed by atoms with Crippen molar-refractivity contribution in [3.05, 3.63) is 64.4 Å². The van der Waals surface area contributed by atoms with E-state index in [1.54, 1.807) is 11.0 Å². The molecule has 0 radical (unpaired) electrons. The van der Waals surface area contributed by atoms with Crippen LogP contribution in [-0.2, 0) is 16.0 Å². The number of rotatable bonds is 3. The van der Waals surface area contributed by atoms with Crippen LogP contribution in [0.3, 0.4) is 0 Å². The highest BCUT2D eigenvalue weighted by molar-refractivity contribution is 6.31. The summed E-state index contributed by atoms with van der Waals surface area (Å²) in [4.78, 5) is 28.4. The minimum atomic E-state index is -0.511. The monoisotopic (exact) mass is 374 g/mol. The predicted molar refractivity (Wildman–Crippen MR) is 99.8 cm³/mol. The Morgan fingerprint density at radius 3 is 2.58 bits per heavy atom. The summed E-state index contributed by atoms with van der Waals surface area (Å²) in [6, 6.07) is 11.9. The zero-order valence-corrected chi connectivity index (χ0v) is 15.5. The number of benzene rings is 2. The molecule has 0 N–H and O–H groups in total. The standard InChI is InChI=1S/C20H20ClFN2O2/c1-13-6-8-15(9-7-13)24-11-14(2)23(12-20(24)26)19(25)10-16-17(21)4-3-5-18(16)22/h3-9,14H,10-12H2,1-2H3/t14-/m1/s1. The van der Waals surface area contributed by atoms with Crippen molar-refractivity contribution in [2.75, 3.05) is 18.0 Å². The molecule has 0 aromatic heterocycles. The fourth-order valence-corrected chi connectivity index (χ4v) is 3.34. The molecule has 2 amide bonds. The van der Waals surface area contributed by atoms with Gasteiger partial charge in [0.25, 0.3) is 0 Å². The highest BCUT2D eigenvalue weighted by atomic mass is 35.5. The molecule has 1 saturated heterocycles. The van der Waals surface area contributed by atoms with E-state index in [1.807, 2.05) is 38.1 Å². The summed E-state index contributed by atoms with van der Waals surface area (Å²) < 4.78 is 13.9. The van der Waals surface area contributed by atoms with Gasteiger partial charge < -0.3 is 9.80 Å². The molecule has 2 aromatic carbocycles. The number of halogens is 2. The zero-order chi connectivity index (χ0) is 18.8. The predicted octanol–water partition coefficient (Wildman–Crippen LogP) is 3.59. The van der Waals surface area contributed by atoms with Crippen LogP contribution >= 0.6 is 11.6 Å². The molecule has 1 fully saturated rings. The fourth-order valence-electron chi connectivity index (χ4n) is 3.11. The molecule has 1 aliphatic heterocycles. The smallest absolute Gasteiger partial charge is 0.246 e. The van der Waals surface area contributed by atoms with Crippen molar-refractivity contribution in [3.63, 3.8) is 0 Å². The first-order chi connectivity index (χ1) is 12.4. The van der Waals surface area contributed by atoms with Crippen LogP contribution in [0.2, 0.25) is 5.02 Å². The molecule has 3 rings (SSSR count). The van der Waals surface area contributed by atoms with E-state index in [9.17, 15) is 14.0 Å². The number of nitrogens with zero attached hydrogens (tertiary/aromatic N) is 2. The van der Waals surface area contributed by atoms with Crippen LogP contribution in [-0.4, -0.2) is 35.8 Å². The van der Waals surface area contributed by atoms with Crippen LogP contribution in [0, 0.1) is 12.7 Å². The molecule has 26 heavy (non-hydrogen) atoms. The molecule has 0 spiro atoms. The van der Waals surface area contributed by atoms with Crippen molar-refractivity contribution in [1.29, 1.82) is 0 Å². The second-order valence-corrected chi connectivity index (χ2v) is 6.99. The van der Waals surface area contributed by atoms with Crippen molar-refractivity contribution in [2.45, 2.75) is 26.3 Å². The lowest BCUT2D eigenvalue weighted by atomic mass is 10.1. The maximum atomic E-state index is 13.9. The molecule has 1 aliphatic rings. The average Bonchev–Trinajstić information content (AvgIpc) is 2.60. The Kier molecular flexibility index (Phi) is 5.28. The molecule has 0 saturated carbocycles. The first kappa shape index (κ1) is 18.4. The number of carbonyl (C=O) groups is 2. The summed E-state index contributed by atoms with van der Waals surface area (Å²) in [5.41, 5.74) is 2.10. The molecule has 4 nitrogen and oxygen atoms in total. The Balaban J connectivity index is 1.74. The van der Waals surface area contributed by atoms with Gasteiger partial charge in [0.2, 0.25) is 11.8 Å². The van der Waals surface area contributed by atoms with Gasteiger partial charge in [-0.05, 0) is 38.1 Å². The molecule has 1 atom stereocenters. The molecule has 0 unspecified atom stereocenters. The van der Waals surface area contributed by atoms with Gasteiger partial charge in [0.1, 0.15) is 12.4 Å². The number of carbonyl (C=O) groups excluding carboxylic acids is 2. The van der Waals surface area contributed by atoms with Crippen LogP contribution in [0.25, 0.3) is 0 Å². The molecule has 136 valence electrons. The van der Waals surface area contributed by atoms with E-state index in [4.69, 9.17) is 11.6 Å². The van der Waals surface area contributed by atoms with E-state index in [1.165, 1.54) is 17.0 Å². The maximum absolute atomic E-state index is 13.9. The van der Waals surface area contributed by atoms with Gasteiger partial charge >= 0.3 is 0 Å². The van der Waals surface area contributed by atoms with Crippen LogP contribution in [0.5, 0.6) is 0 Å². The topological polar surface area (TPSA) is 40.6 Å². The summed E-state index contributed by atoms with van der Waals surface area (Å²) in [6.45, 7) is 4.24. The van der Waals surface area contributed by atoms with Crippen LogP contribution < -0.4 is 4.90 Å². The van der Waals surface area contributed by atoms with Gasteiger partial charge in [-0.15, -0.1) is 0 Å². The van der Waals surface area contributed by atoms with E-state index in [2.05, 4.69) is 0 Å². The normalized spacial score (nSPS) is 17.5. The number of hydrogen-bond acceptors (Lipinski definition) is 2. The summed E-state index contributed by atoms with van der Waals surface area (Å²) in [7, 11) is 0. The van der Waals surface area contributed by atoms with E-state index < -0.39 is 5.82 Å². The fraction of sp³-hybridized carbons (Fsp3) is 0.300. The Labute approximate surface area is 157 Å². The van der Waals surface area contributed by atoms with Crippen molar-refractivity contribution in [1.82, 2.24) is 4.90 Å². The molecular formula is C20H20ClFN2O2. The van der Waals surface area contributed by atoms with Gasteiger partial charge in [-0.3, -0.25) is 9.59 Å². The van der Waals surface area contributed by atoms with Crippen LogP contribution in [0.4, 0.5) is 10.1 Å². The summed E-state index contributed by atoms with van der Waals surface area (Å²) >= 11 is 6.01. The molecule has 2 aromatic rings. The van der Waals surface area contributed by atoms with E-state index >= 15 is 0 Å². The minimum absolute atomic E-state index is 0.0278. The Morgan fingerprint density at radius 1 is 1.23 bits per heavy atom. The van der Waals surface area contributed by atoms with Crippen molar-refractivity contribution in [3.8, 4) is 0 Å². The van der Waals surface area contributed by atoms with Crippen molar-refractivity contribution < 1.29 is 14.0 Å². The number of hydrogen-bond donors (Lipinski definition) is 0. The van der Waals surface area contributed by atoms with Gasteiger partial charge in [-0.1, -0.05) is 35.4 Å². The third kappa shape index (κ3) is 3.73. The third-order valence-corrected chi connectivity index (χ3v) is 5.00. The van der Waals surface area contributed by atoms with Gasteiger partial charge in [-0.25, -0.2) is 4.39 Å². The average molecular weight is 375 g/mol. The summed E-state index contributed by atoms with van der Waals surface area (Å²) in [6.07, 6.45) is -0.159. The van der Waals surface area contributed by atoms with Crippen LogP contribution in [0.1, 0.15) is 18.1 Å². The number of piperazine rings is 1. The second-order valence-electron chi connectivity index (χ2n) is 6.59. The number of anilines is 1. The molecule has 0 bridgehead atoms. The Hall–Kier alpha value is -2.40. The van der Waals surface area contributed by atoms with E-state index in [0.29, 0.717) is 6.54 Å². The summed E-state index contributed by atoms with van der Waals surface area (Å²) in [5, 5.41) is 0.218. The van der Waals surface area contributed by atoms with Gasteiger partial charge in [0, 0.05) is 28.9 Å². The van der Waals surface area contributed by atoms with Crippen LogP contribution in [0.15, 0.2) is 42.5 Å². The lowest BCUT2D eigenvalue weighted by Crippen LogP contribution is -2.57. The number of amides is 2. The summed E-state index contributed by atoms with van der Waals surface area (Å²) in [5.74, 6) is -0.968. The van der Waals surface area contributed by atoms with Crippen molar-refractivity contribution >= 4 is 29.1 Å². The van der Waals surface area contributed by atoms with Gasteiger partial charge in [0.15, 0.2) is 0 Å². The SMILES string of the molecule is Cc1ccc(N2C[C@@H](C)N(C(=O)Cc3c(F)cccc3Cl)CC2=O)cc1. The number of aryl methyl sites for hydroxylation is 1. The van der Waals surface area contributed by atoms with Crippen molar-refractivity contribution in [2.24, 2.45) is 0 Å². The van der Waals surface area contributed by atoms with E-state index in [-0.39, 0.29) is 41.4 Å². The highest BCUT2D eigenvalue weighted by Gasteiger charge is 2.33. The Bertz CT molecular complexity index is 818. The first-order valence-corrected chi connectivity index (χ1v) is 8.84. The molecule has 0 aliphatic carbocycles. The lowest BCUT2D eigenvalue weighted by Gasteiger charge is -2.39. The van der Waals surface area contributed by atoms with Gasteiger partial charge in [0.05, 0.1) is 6.42 Å². The second kappa shape index (κ2) is 7.46. The molecule has 6 heteroatoms. The third-order valence-electron chi connectivity index (χ3n) is 4.64. The molecule has 1 heterocycles. The largest absolute Gasteiger partial charge is 0.329 e. The Morgan fingerprint density at radius 2 is 1.92 bits per heavy atom. The van der Waals surface area contributed by atoms with Gasteiger partial charge in [-0.2, -0.15) is 0 Å². The quantitative estimate of drug-likeness (QED) is 0.823. The zero-order valence-electron chi connectivity index (χ0n) is 14.7.